The minimum atomic E-state index is -3.44. The topological polar surface area (TPSA) is 61.8 Å². The van der Waals surface area contributed by atoms with Gasteiger partial charge in [-0.1, -0.05) is 92.7 Å². The van der Waals surface area contributed by atoms with Gasteiger partial charge in [0.15, 0.2) is 9.84 Å². The summed E-state index contributed by atoms with van der Waals surface area (Å²) >= 11 is 0. The summed E-state index contributed by atoms with van der Waals surface area (Å²) in [5, 5.41) is 0. The lowest BCUT2D eigenvalue weighted by molar-refractivity contribution is -0.0737. The third-order valence-corrected chi connectivity index (χ3v) is 12.1. The van der Waals surface area contributed by atoms with E-state index >= 15 is 0 Å². The SMILES string of the molecule is C.C=C1C[C@H](CCCC)OC1CC[C@H]1C[C@@H](C)C(=C)C(C[C@@H]2OC(C[C@H](C)CC)[C@H](C)[C@H]2CS(=O)(=O)c2ccccc2)O1. The van der Waals surface area contributed by atoms with Gasteiger partial charge in [0.25, 0.3) is 0 Å². The van der Waals surface area contributed by atoms with E-state index in [4.69, 9.17) is 14.2 Å². The monoisotopic (exact) mass is 616 g/mol. The Morgan fingerprint density at radius 1 is 0.930 bits per heavy atom. The van der Waals surface area contributed by atoms with E-state index in [1.54, 1.807) is 24.3 Å². The van der Waals surface area contributed by atoms with Crippen molar-refractivity contribution in [2.45, 2.75) is 148 Å². The van der Waals surface area contributed by atoms with Gasteiger partial charge < -0.3 is 14.2 Å². The number of rotatable bonds is 14. The first-order chi connectivity index (χ1) is 20.0. The molecule has 0 radical (unpaired) electrons. The number of unbranched alkanes of at least 4 members (excludes halogenated alkanes) is 1. The van der Waals surface area contributed by atoms with E-state index < -0.39 is 9.84 Å². The molecule has 10 atom stereocenters. The van der Waals surface area contributed by atoms with Gasteiger partial charge in [-0.15, -0.1) is 0 Å². The van der Waals surface area contributed by atoms with Gasteiger partial charge in [-0.05, 0) is 79.6 Å². The second-order valence-corrected chi connectivity index (χ2v) is 15.6. The van der Waals surface area contributed by atoms with Crippen LogP contribution in [0.25, 0.3) is 0 Å². The molecule has 0 amide bonds. The van der Waals surface area contributed by atoms with E-state index in [9.17, 15) is 8.42 Å². The number of hydrogen-bond acceptors (Lipinski definition) is 5. The molecule has 0 bridgehead atoms. The Bertz CT molecular complexity index is 1130. The normalized spacial score (nSPS) is 33.8. The first-order valence-corrected chi connectivity index (χ1v) is 18.3. The van der Waals surface area contributed by atoms with Crippen molar-refractivity contribution in [3.63, 3.8) is 0 Å². The summed E-state index contributed by atoms with van der Waals surface area (Å²) in [6, 6.07) is 8.85. The molecule has 0 aromatic heterocycles. The van der Waals surface area contributed by atoms with Crippen molar-refractivity contribution in [2.24, 2.45) is 23.7 Å². The summed E-state index contributed by atoms with van der Waals surface area (Å²) in [7, 11) is -3.44. The predicted octanol–water partition coefficient (Wildman–Crippen LogP) is 8.98. The summed E-state index contributed by atoms with van der Waals surface area (Å²) in [6.07, 6.45) is 10.3. The Hall–Kier alpha value is -1.47. The van der Waals surface area contributed by atoms with Crippen LogP contribution in [0.3, 0.4) is 0 Å². The van der Waals surface area contributed by atoms with Crippen molar-refractivity contribution < 1.29 is 22.6 Å². The Labute approximate surface area is 263 Å². The summed E-state index contributed by atoms with van der Waals surface area (Å²) < 4.78 is 46.9. The van der Waals surface area contributed by atoms with Crippen molar-refractivity contribution in [1.82, 2.24) is 0 Å². The van der Waals surface area contributed by atoms with E-state index in [-0.39, 0.29) is 55.5 Å². The van der Waals surface area contributed by atoms with Gasteiger partial charge in [0, 0.05) is 12.3 Å². The molecule has 5 nitrogen and oxygen atoms in total. The van der Waals surface area contributed by atoms with Crippen LogP contribution in [0.2, 0.25) is 0 Å². The maximum Gasteiger partial charge on any atom is 0.178 e. The minimum Gasteiger partial charge on any atom is -0.374 e. The third kappa shape index (κ3) is 9.28. The molecule has 43 heavy (non-hydrogen) atoms. The van der Waals surface area contributed by atoms with Crippen molar-refractivity contribution >= 4 is 9.84 Å². The zero-order chi connectivity index (χ0) is 30.4. The second kappa shape index (κ2) is 16.2. The van der Waals surface area contributed by atoms with Crippen LogP contribution in [0.1, 0.15) is 106 Å². The Balaban J connectivity index is 0.00000506. The smallest absolute Gasteiger partial charge is 0.178 e. The molecule has 4 rings (SSSR count). The largest absolute Gasteiger partial charge is 0.374 e. The fourth-order valence-corrected chi connectivity index (χ4v) is 9.01. The van der Waals surface area contributed by atoms with Crippen LogP contribution in [-0.4, -0.2) is 50.8 Å². The molecule has 244 valence electrons. The average Bonchev–Trinajstić information content (AvgIpc) is 3.46. The van der Waals surface area contributed by atoms with Crippen LogP contribution in [0.4, 0.5) is 0 Å². The van der Waals surface area contributed by atoms with Crippen molar-refractivity contribution in [3.8, 4) is 0 Å². The first kappa shape index (κ1) is 36.0. The molecule has 3 heterocycles. The molecule has 6 heteroatoms. The van der Waals surface area contributed by atoms with Gasteiger partial charge in [0.2, 0.25) is 0 Å². The van der Waals surface area contributed by atoms with E-state index in [1.165, 1.54) is 18.4 Å². The zero-order valence-corrected chi connectivity index (χ0v) is 27.6. The minimum absolute atomic E-state index is 0. The summed E-state index contributed by atoms with van der Waals surface area (Å²) in [4.78, 5) is 0.390. The van der Waals surface area contributed by atoms with Crippen molar-refractivity contribution in [1.29, 1.82) is 0 Å². The quantitative estimate of drug-likeness (QED) is 0.195. The average molecular weight is 617 g/mol. The van der Waals surface area contributed by atoms with Gasteiger partial charge in [-0.3, -0.25) is 0 Å². The number of hydrogen-bond donors (Lipinski definition) is 0. The summed E-state index contributed by atoms with van der Waals surface area (Å²) in [5.74, 6) is 1.03. The van der Waals surface area contributed by atoms with E-state index in [0.717, 1.165) is 50.5 Å². The highest BCUT2D eigenvalue weighted by Gasteiger charge is 2.46. The molecule has 3 fully saturated rings. The molecule has 0 saturated carbocycles. The highest BCUT2D eigenvalue weighted by atomic mass is 32.2. The first-order valence-electron chi connectivity index (χ1n) is 16.6. The standard InChI is InChI=1S/C36H56O5S.CH4/c1-8-10-14-29-21-26(5)33(39-29)18-17-30-20-25(4)27(6)35(40-30)22-36-32(28(7)34(41-36)19-24(3)9-2)23-42(37,38)31-15-12-11-13-16-31;/h11-13,15-16,24-25,28-30,32-36H,5-6,8-10,14,17-23H2,1-4,7H3;1H4/t24-,25-,28-,29+,30+,32-,33?,34?,35?,36+;/m1./s1. The Morgan fingerprint density at radius 3 is 2.30 bits per heavy atom. The molecule has 0 spiro atoms. The molecular formula is C37H60O5S. The zero-order valence-electron chi connectivity index (χ0n) is 26.8. The van der Waals surface area contributed by atoms with Gasteiger partial charge >= 0.3 is 0 Å². The maximum absolute atomic E-state index is 13.5. The Kier molecular flexibility index (Phi) is 13.6. The Morgan fingerprint density at radius 2 is 1.63 bits per heavy atom. The predicted molar refractivity (Wildman–Crippen MR) is 178 cm³/mol. The van der Waals surface area contributed by atoms with E-state index in [2.05, 4.69) is 47.8 Å². The maximum atomic E-state index is 13.5. The lowest BCUT2D eigenvalue weighted by Crippen LogP contribution is -2.38. The van der Waals surface area contributed by atoms with Gasteiger partial charge in [0.1, 0.15) is 0 Å². The fourth-order valence-electron chi connectivity index (χ4n) is 7.22. The molecule has 0 N–H and O–H groups in total. The van der Waals surface area contributed by atoms with Crippen molar-refractivity contribution in [3.05, 3.63) is 54.6 Å². The summed E-state index contributed by atoms with van der Waals surface area (Å²) in [6.45, 7) is 19.9. The number of ether oxygens (including phenoxy) is 3. The van der Waals surface area contributed by atoms with Crippen molar-refractivity contribution in [2.75, 3.05) is 5.75 Å². The van der Waals surface area contributed by atoms with Gasteiger partial charge in [-0.2, -0.15) is 0 Å². The van der Waals surface area contributed by atoms with Crippen LogP contribution in [-0.2, 0) is 24.0 Å². The highest BCUT2D eigenvalue weighted by molar-refractivity contribution is 7.91. The lowest BCUT2D eigenvalue weighted by atomic mass is 9.81. The fraction of sp³-hybridized carbons (Fsp3) is 0.730. The molecule has 3 aliphatic rings. The van der Waals surface area contributed by atoms with Crippen LogP contribution in [0, 0.1) is 23.7 Å². The van der Waals surface area contributed by atoms with Crippen LogP contribution in [0.15, 0.2) is 59.5 Å². The molecule has 3 aliphatic heterocycles. The molecule has 3 saturated heterocycles. The highest BCUT2D eigenvalue weighted by Crippen LogP contribution is 2.43. The third-order valence-electron chi connectivity index (χ3n) is 10.3. The van der Waals surface area contributed by atoms with Gasteiger partial charge in [-0.25, -0.2) is 8.42 Å². The van der Waals surface area contributed by atoms with Crippen LogP contribution in [0.5, 0.6) is 0 Å². The number of sulfone groups is 1. The molecule has 1 aromatic rings. The lowest BCUT2D eigenvalue weighted by Gasteiger charge is -2.38. The van der Waals surface area contributed by atoms with Crippen LogP contribution < -0.4 is 0 Å². The molecular weight excluding hydrogens is 556 g/mol. The summed E-state index contributed by atoms with van der Waals surface area (Å²) in [5.41, 5.74) is 2.34. The van der Waals surface area contributed by atoms with E-state index in [1.807, 2.05) is 6.07 Å². The number of benzene rings is 1. The van der Waals surface area contributed by atoms with E-state index in [0.29, 0.717) is 29.3 Å². The molecule has 0 aliphatic carbocycles. The van der Waals surface area contributed by atoms with Gasteiger partial charge in [0.05, 0.1) is 47.3 Å². The second-order valence-electron chi connectivity index (χ2n) is 13.6. The molecule has 3 unspecified atom stereocenters. The van der Waals surface area contributed by atoms with Crippen LogP contribution >= 0.6 is 0 Å². The molecule has 1 aromatic carbocycles.